The minimum Gasteiger partial charge on any atom is -0.480 e. The normalized spacial score (nSPS) is 17.6. The van der Waals surface area contributed by atoms with Gasteiger partial charge in [0.1, 0.15) is 6.04 Å². The Morgan fingerprint density at radius 3 is 2.32 bits per heavy atom. The Bertz CT molecular complexity index is 336. The van der Waals surface area contributed by atoms with Gasteiger partial charge in [-0.15, -0.1) is 0 Å². The van der Waals surface area contributed by atoms with Crippen LogP contribution in [-0.4, -0.2) is 46.2 Å². The van der Waals surface area contributed by atoms with Crippen LogP contribution in [0.2, 0.25) is 0 Å². The highest BCUT2D eigenvalue weighted by molar-refractivity contribution is 8.00. The second-order valence-electron chi connectivity index (χ2n) is 3.16. The number of carbonyl (C=O) groups excluding carboxylic acids is 1. The van der Waals surface area contributed by atoms with Crippen LogP contribution in [0.3, 0.4) is 0 Å². The lowest BCUT2D eigenvalue weighted by molar-refractivity contribution is -0.227. The molecule has 0 bridgehead atoms. The minimum atomic E-state index is -3.64. The average molecular weight is 328 g/mol. The van der Waals surface area contributed by atoms with Crippen LogP contribution in [0.4, 0.5) is 17.6 Å². The topological polar surface area (TPSA) is 75.6 Å². The van der Waals surface area contributed by atoms with Crippen molar-refractivity contribution in [3.63, 3.8) is 0 Å². The van der Waals surface area contributed by atoms with Gasteiger partial charge in [-0.1, -0.05) is 23.4 Å². The van der Waals surface area contributed by atoms with Crippen molar-refractivity contribution in [2.45, 2.75) is 30.4 Å². The van der Waals surface area contributed by atoms with Gasteiger partial charge in [-0.05, 0) is 0 Å². The summed E-state index contributed by atoms with van der Waals surface area (Å²) in [6, 6.07) is -1.60. The number of hydrogen-bond acceptors (Lipinski definition) is 4. The average Bonchev–Trinajstić information content (AvgIpc) is 2.22. The second-order valence-corrected chi connectivity index (χ2v) is 4.73. The number of nitrogens with one attached hydrogen (secondary N) is 1. The zero-order valence-corrected chi connectivity index (χ0v) is 11.0. The van der Waals surface area contributed by atoms with Gasteiger partial charge in [-0.25, -0.2) is 9.18 Å². The largest absolute Gasteiger partial charge is 0.480 e. The highest BCUT2D eigenvalue weighted by atomic mass is 35.5. The van der Waals surface area contributed by atoms with Crippen molar-refractivity contribution in [2.24, 2.45) is 0 Å². The highest BCUT2D eigenvalue weighted by Crippen LogP contribution is 2.38. The van der Waals surface area contributed by atoms with E-state index in [-0.39, 0.29) is 11.8 Å². The molecule has 2 N–H and O–H groups in total. The fourth-order valence-electron chi connectivity index (χ4n) is 0.887. The Morgan fingerprint density at radius 1 is 1.47 bits per heavy atom. The first-order chi connectivity index (χ1) is 8.58. The van der Waals surface area contributed by atoms with Crippen LogP contribution < -0.4 is 5.32 Å². The monoisotopic (exact) mass is 327 g/mol. The van der Waals surface area contributed by atoms with Crippen molar-refractivity contribution in [2.75, 3.05) is 5.75 Å². The molecule has 0 heterocycles. The van der Waals surface area contributed by atoms with Gasteiger partial charge in [0.15, 0.2) is 0 Å². The summed E-state index contributed by atoms with van der Waals surface area (Å²) < 4.78 is 53.5. The molecule has 0 rings (SSSR count). The maximum Gasteiger partial charge on any atom is 0.348 e. The van der Waals surface area contributed by atoms with Crippen LogP contribution in [0, 0.1) is 0 Å². The van der Waals surface area contributed by atoms with E-state index in [1.807, 2.05) is 5.32 Å². The Kier molecular flexibility index (Phi) is 7.45. The van der Waals surface area contributed by atoms with Crippen LogP contribution in [0.5, 0.6) is 0 Å². The number of alkyl halides is 5. The molecule has 0 aliphatic rings. The predicted octanol–water partition coefficient (Wildman–Crippen LogP) is 1.71. The third-order valence-electron chi connectivity index (χ3n) is 1.63. The van der Waals surface area contributed by atoms with Gasteiger partial charge in [0.05, 0.1) is 0 Å². The van der Waals surface area contributed by atoms with E-state index in [0.29, 0.717) is 0 Å². The molecule has 0 saturated carbocycles. The first-order valence-electron chi connectivity index (χ1n) is 4.65. The van der Waals surface area contributed by atoms with Crippen molar-refractivity contribution in [1.82, 2.24) is 5.32 Å². The number of carboxylic acid groups (broad SMARTS) is 1. The molecule has 0 aliphatic carbocycles. The fourth-order valence-corrected chi connectivity index (χ4v) is 2.01. The van der Waals surface area contributed by atoms with Crippen LogP contribution in [-0.2, 0) is 14.3 Å². The molecule has 112 valence electrons. The summed E-state index contributed by atoms with van der Waals surface area (Å²) in [5, 5.41) is 6.96. The van der Waals surface area contributed by atoms with E-state index in [0.717, 1.165) is 6.92 Å². The Balaban J connectivity index is 4.67. The molecule has 11 heteroatoms. The van der Waals surface area contributed by atoms with Crippen molar-refractivity contribution in [1.29, 1.82) is 0 Å². The fraction of sp³-hybridized carbons (Fsp3) is 0.750. The molecule has 0 radical (unpaired) electrons. The van der Waals surface area contributed by atoms with Gasteiger partial charge in [0, 0.05) is 12.7 Å². The molecule has 0 aromatic carbocycles. The molecule has 19 heavy (non-hydrogen) atoms. The third-order valence-corrected chi connectivity index (χ3v) is 3.24. The van der Waals surface area contributed by atoms with Gasteiger partial charge >= 0.3 is 17.8 Å². The molecule has 0 aliphatic heterocycles. The van der Waals surface area contributed by atoms with Gasteiger partial charge in [-0.3, -0.25) is 9.53 Å². The number of hydrogen-bond donors (Lipinski definition) is 2. The van der Waals surface area contributed by atoms with E-state index in [1.165, 1.54) is 0 Å². The molecular weight excluding hydrogens is 318 g/mol. The van der Waals surface area contributed by atoms with Gasteiger partial charge in [0.25, 0.3) is 0 Å². The number of halogens is 5. The Hall–Kier alpha value is -0.740. The molecule has 1 amide bonds. The smallest absolute Gasteiger partial charge is 0.348 e. The molecule has 0 fully saturated rings. The lowest BCUT2D eigenvalue weighted by Crippen LogP contribution is -2.43. The van der Waals surface area contributed by atoms with Crippen LogP contribution in [0.25, 0.3) is 0 Å². The number of carbonyl (C=O) groups is 2. The first kappa shape index (κ1) is 18.3. The zero-order valence-electron chi connectivity index (χ0n) is 9.41. The van der Waals surface area contributed by atoms with Gasteiger partial charge < -0.3 is 10.4 Å². The predicted molar refractivity (Wildman–Crippen MR) is 59.4 cm³/mol. The molecule has 0 aromatic rings. The lowest BCUT2D eigenvalue weighted by atomic mass is 10.3. The first-order valence-corrected chi connectivity index (χ1v) is 6.07. The van der Waals surface area contributed by atoms with Crippen molar-refractivity contribution in [3.8, 4) is 0 Å². The Morgan fingerprint density at radius 2 is 2.00 bits per heavy atom. The highest BCUT2D eigenvalue weighted by Gasteiger charge is 2.44. The van der Waals surface area contributed by atoms with Gasteiger partial charge in [-0.2, -0.15) is 13.2 Å². The van der Waals surface area contributed by atoms with Crippen LogP contribution in [0.15, 0.2) is 0 Å². The zero-order chi connectivity index (χ0) is 15.2. The van der Waals surface area contributed by atoms with E-state index in [2.05, 4.69) is 4.74 Å². The molecule has 0 spiro atoms. The van der Waals surface area contributed by atoms with Crippen LogP contribution >= 0.6 is 23.4 Å². The van der Waals surface area contributed by atoms with Crippen molar-refractivity contribution < 1.29 is 37.0 Å². The number of ether oxygens (including phenoxy) is 1. The van der Waals surface area contributed by atoms with E-state index in [1.54, 1.807) is 0 Å². The van der Waals surface area contributed by atoms with Gasteiger partial charge in [0.2, 0.25) is 11.5 Å². The summed E-state index contributed by atoms with van der Waals surface area (Å²) in [5.41, 5.74) is -2.95. The lowest BCUT2D eigenvalue weighted by Gasteiger charge is -2.25. The van der Waals surface area contributed by atoms with Crippen LogP contribution in [0.1, 0.15) is 6.92 Å². The molecule has 0 saturated heterocycles. The third kappa shape index (κ3) is 6.83. The van der Waals surface area contributed by atoms with E-state index < -0.39 is 41.1 Å². The number of aliphatic carboxylic acids is 1. The maximum atomic E-state index is 13.6. The van der Waals surface area contributed by atoms with E-state index in [9.17, 15) is 27.2 Å². The molecular formula is C8H10ClF4NO4S. The maximum absolute atomic E-state index is 13.6. The molecule has 2 unspecified atom stereocenters. The number of amides is 1. The minimum absolute atomic E-state index is 0.233. The van der Waals surface area contributed by atoms with Crippen molar-refractivity contribution >= 4 is 35.2 Å². The number of rotatable bonds is 8. The number of carboxylic acids is 1. The van der Waals surface area contributed by atoms with Crippen molar-refractivity contribution in [3.05, 3.63) is 0 Å². The standard InChI is InChI=1S/C8H10ClF4NO4S/c1-3(15)14-4(5(16)17)2-19-8(13,6(9)10)18-7(11)12/h4,6-7H,2H2,1H3,(H,14,15)(H,16,17)/t4-,6?,8?/m0/s1. The summed E-state index contributed by atoms with van der Waals surface area (Å²) in [6.45, 7) is -2.64. The van der Waals surface area contributed by atoms with E-state index >= 15 is 0 Å². The Labute approximate surface area is 114 Å². The summed E-state index contributed by atoms with van der Waals surface area (Å²) in [5.74, 6) is -3.05. The molecule has 0 aromatic heterocycles. The SMILES string of the molecule is CC(=O)N[C@@H](CSC(F)(OC(F)F)C(F)Cl)C(=O)O. The summed E-state index contributed by atoms with van der Waals surface area (Å²) in [7, 11) is 0. The molecule has 5 nitrogen and oxygen atoms in total. The number of thioether (sulfide) groups is 1. The van der Waals surface area contributed by atoms with E-state index in [4.69, 9.17) is 16.7 Å². The summed E-state index contributed by atoms with van der Waals surface area (Å²) in [6.07, 6.45) is 0. The quantitative estimate of drug-likeness (QED) is 0.403. The molecule has 3 atom stereocenters. The summed E-state index contributed by atoms with van der Waals surface area (Å²) >= 11 is 4.51. The second kappa shape index (κ2) is 7.75. The summed E-state index contributed by atoms with van der Waals surface area (Å²) in [4.78, 5) is 21.3.